The van der Waals surface area contributed by atoms with Crippen molar-refractivity contribution in [1.82, 2.24) is 20.9 Å². The van der Waals surface area contributed by atoms with Crippen LogP contribution in [0.2, 0.25) is 0 Å². The predicted octanol–water partition coefficient (Wildman–Crippen LogP) is 1.83. The van der Waals surface area contributed by atoms with Crippen molar-refractivity contribution in [2.75, 3.05) is 45.9 Å². The van der Waals surface area contributed by atoms with E-state index in [1.54, 1.807) is 0 Å². The molecule has 1 unspecified atom stereocenters. The van der Waals surface area contributed by atoms with E-state index in [1.165, 1.54) is 0 Å². The third kappa shape index (κ3) is 9.77. The molecule has 0 saturated carbocycles. The number of nitrogens with zero attached hydrogens (tertiary/aromatic N) is 2. The van der Waals surface area contributed by atoms with Crippen LogP contribution < -0.4 is 16.0 Å². The van der Waals surface area contributed by atoms with Crippen LogP contribution in [-0.4, -0.2) is 68.7 Å². The van der Waals surface area contributed by atoms with Gasteiger partial charge in [0.15, 0.2) is 5.96 Å². The fraction of sp³-hybridized carbons (Fsp3) is 0.619. The van der Waals surface area contributed by atoms with Crippen LogP contribution in [0.4, 0.5) is 0 Å². The van der Waals surface area contributed by atoms with Crippen molar-refractivity contribution in [3.8, 4) is 0 Å². The first-order valence-electron chi connectivity index (χ1n) is 10.2. The Morgan fingerprint density at radius 3 is 2.45 bits per heavy atom. The Bertz CT molecular complexity index is 606. The first-order chi connectivity index (χ1) is 13.6. The fourth-order valence-corrected chi connectivity index (χ4v) is 3.24. The molecule has 1 aliphatic heterocycles. The highest BCUT2D eigenvalue weighted by Crippen LogP contribution is 2.12. The van der Waals surface area contributed by atoms with Crippen LogP contribution in [0.5, 0.6) is 0 Å². The Labute approximate surface area is 192 Å². The minimum atomic E-state index is -0.0883. The Morgan fingerprint density at radius 2 is 1.83 bits per heavy atom. The summed E-state index contributed by atoms with van der Waals surface area (Å²) in [4.78, 5) is 19.0. The van der Waals surface area contributed by atoms with E-state index in [1.807, 2.05) is 37.3 Å². The van der Waals surface area contributed by atoms with Crippen LogP contribution in [0.3, 0.4) is 0 Å². The summed E-state index contributed by atoms with van der Waals surface area (Å²) in [5, 5.41) is 9.54. The van der Waals surface area contributed by atoms with Crippen molar-refractivity contribution in [2.24, 2.45) is 10.9 Å². The number of ether oxygens (including phenoxy) is 1. The van der Waals surface area contributed by atoms with Crippen molar-refractivity contribution in [3.05, 3.63) is 35.9 Å². The Balaban J connectivity index is 0.00000420. The lowest BCUT2D eigenvalue weighted by Crippen LogP contribution is -2.52. The summed E-state index contributed by atoms with van der Waals surface area (Å²) in [5.74, 6) is 1.11. The van der Waals surface area contributed by atoms with Crippen LogP contribution in [0.1, 0.15) is 26.3 Å². The molecule has 0 aromatic heterocycles. The number of aliphatic imine (C=N–C) groups is 1. The van der Waals surface area contributed by atoms with E-state index in [0.29, 0.717) is 24.5 Å². The minimum absolute atomic E-state index is 0. The Hall–Kier alpha value is -1.39. The molecule has 1 aromatic carbocycles. The summed E-state index contributed by atoms with van der Waals surface area (Å²) in [6, 6.07) is 10.3. The van der Waals surface area contributed by atoms with Gasteiger partial charge in [-0.25, -0.2) is 4.99 Å². The van der Waals surface area contributed by atoms with Crippen molar-refractivity contribution in [1.29, 1.82) is 0 Å². The molecule has 1 heterocycles. The van der Waals surface area contributed by atoms with Gasteiger partial charge in [0.2, 0.25) is 5.91 Å². The molecule has 2 rings (SSSR count). The summed E-state index contributed by atoms with van der Waals surface area (Å²) in [6.45, 7) is 12.2. The maximum absolute atomic E-state index is 12.1. The second kappa shape index (κ2) is 14.6. The fourth-order valence-electron chi connectivity index (χ4n) is 3.24. The number of hydrogen-bond donors (Lipinski definition) is 3. The van der Waals surface area contributed by atoms with Gasteiger partial charge in [0, 0.05) is 38.8 Å². The molecule has 164 valence electrons. The highest BCUT2D eigenvalue weighted by atomic mass is 127. The SMILES string of the molecule is CCNC(=NCC(=O)NCc1ccccc1)NCC(C(C)C)N1CCOCC1.I. The van der Waals surface area contributed by atoms with Gasteiger partial charge in [0.05, 0.1) is 13.2 Å². The van der Waals surface area contributed by atoms with Crippen molar-refractivity contribution < 1.29 is 9.53 Å². The van der Waals surface area contributed by atoms with Crippen LogP contribution in [0.15, 0.2) is 35.3 Å². The number of rotatable bonds is 9. The van der Waals surface area contributed by atoms with Crippen molar-refractivity contribution >= 4 is 35.8 Å². The maximum atomic E-state index is 12.1. The number of amides is 1. The van der Waals surface area contributed by atoms with E-state index in [2.05, 4.69) is 39.7 Å². The van der Waals surface area contributed by atoms with Crippen LogP contribution in [-0.2, 0) is 16.1 Å². The summed E-state index contributed by atoms with van der Waals surface area (Å²) in [5.41, 5.74) is 1.08. The van der Waals surface area contributed by atoms with Crippen LogP contribution in [0.25, 0.3) is 0 Å². The molecule has 0 radical (unpaired) electrons. The molecule has 3 N–H and O–H groups in total. The number of carbonyl (C=O) groups is 1. The summed E-state index contributed by atoms with van der Waals surface area (Å²) < 4.78 is 5.47. The molecule has 0 spiro atoms. The molecule has 8 heteroatoms. The third-order valence-corrected chi connectivity index (χ3v) is 4.82. The van der Waals surface area contributed by atoms with E-state index in [0.717, 1.165) is 45.0 Å². The highest BCUT2D eigenvalue weighted by Gasteiger charge is 2.23. The van der Waals surface area contributed by atoms with Gasteiger partial charge >= 0.3 is 0 Å². The van der Waals surface area contributed by atoms with Gasteiger partial charge in [-0.05, 0) is 18.4 Å². The number of halogens is 1. The zero-order chi connectivity index (χ0) is 20.2. The minimum Gasteiger partial charge on any atom is -0.379 e. The van der Waals surface area contributed by atoms with Crippen LogP contribution in [0, 0.1) is 5.92 Å². The maximum Gasteiger partial charge on any atom is 0.242 e. The van der Waals surface area contributed by atoms with Crippen molar-refractivity contribution in [2.45, 2.75) is 33.4 Å². The van der Waals surface area contributed by atoms with Gasteiger partial charge in [-0.15, -0.1) is 24.0 Å². The van der Waals surface area contributed by atoms with Gasteiger partial charge in [-0.3, -0.25) is 9.69 Å². The first kappa shape index (κ1) is 25.6. The zero-order valence-corrected chi connectivity index (χ0v) is 20.1. The standard InChI is InChI=1S/C21H35N5O2.HI/c1-4-22-21(24-15-19(17(2)3)26-10-12-28-13-11-26)25-16-20(27)23-14-18-8-6-5-7-9-18;/h5-9,17,19H,4,10-16H2,1-3H3,(H,23,27)(H2,22,24,25);1H. The summed E-state index contributed by atoms with van der Waals surface area (Å²) >= 11 is 0. The lowest BCUT2D eigenvalue weighted by molar-refractivity contribution is -0.119. The highest BCUT2D eigenvalue weighted by molar-refractivity contribution is 14.0. The largest absolute Gasteiger partial charge is 0.379 e. The average molecular weight is 517 g/mol. The second-order valence-electron chi connectivity index (χ2n) is 7.30. The summed E-state index contributed by atoms with van der Waals surface area (Å²) in [7, 11) is 0. The third-order valence-electron chi connectivity index (χ3n) is 4.82. The number of morpholine rings is 1. The Kier molecular flexibility index (Phi) is 12.9. The number of nitrogens with one attached hydrogen (secondary N) is 3. The molecule has 1 atom stereocenters. The van der Waals surface area contributed by atoms with E-state index >= 15 is 0 Å². The number of carbonyl (C=O) groups excluding carboxylic acids is 1. The first-order valence-corrected chi connectivity index (χ1v) is 10.2. The lowest BCUT2D eigenvalue weighted by Gasteiger charge is -2.37. The molecule has 0 bridgehead atoms. The molecule has 1 fully saturated rings. The topological polar surface area (TPSA) is 78.0 Å². The molecule has 1 aromatic rings. The molecule has 7 nitrogen and oxygen atoms in total. The van der Waals surface area contributed by atoms with E-state index in [-0.39, 0.29) is 36.4 Å². The monoisotopic (exact) mass is 517 g/mol. The average Bonchev–Trinajstić information content (AvgIpc) is 2.72. The van der Waals surface area contributed by atoms with E-state index < -0.39 is 0 Å². The van der Waals surface area contributed by atoms with Crippen molar-refractivity contribution in [3.63, 3.8) is 0 Å². The van der Waals surface area contributed by atoms with E-state index in [4.69, 9.17) is 4.74 Å². The molecule has 1 amide bonds. The van der Waals surface area contributed by atoms with Crippen LogP contribution >= 0.6 is 24.0 Å². The quantitative estimate of drug-likeness (QED) is 0.265. The Morgan fingerprint density at radius 1 is 1.14 bits per heavy atom. The molecular weight excluding hydrogens is 481 g/mol. The van der Waals surface area contributed by atoms with E-state index in [9.17, 15) is 4.79 Å². The molecule has 29 heavy (non-hydrogen) atoms. The van der Waals surface area contributed by atoms with Gasteiger partial charge in [0.25, 0.3) is 0 Å². The van der Waals surface area contributed by atoms with Gasteiger partial charge in [0.1, 0.15) is 6.54 Å². The molecule has 0 aliphatic carbocycles. The summed E-state index contributed by atoms with van der Waals surface area (Å²) in [6.07, 6.45) is 0. The van der Waals surface area contributed by atoms with Gasteiger partial charge in [-0.1, -0.05) is 44.2 Å². The number of hydrogen-bond acceptors (Lipinski definition) is 4. The predicted molar refractivity (Wildman–Crippen MR) is 129 cm³/mol. The molecule has 1 aliphatic rings. The lowest BCUT2D eigenvalue weighted by atomic mass is 10.0. The van der Waals surface area contributed by atoms with Gasteiger partial charge < -0.3 is 20.7 Å². The van der Waals surface area contributed by atoms with Gasteiger partial charge in [-0.2, -0.15) is 0 Å². The molecule has 1 saturated heterocycles. The smallest absolute Gasteiger partial charge is 0.242 e. The number of guanidine groups is 1. The second-order valence-corrected chi connectivity index (χ2v) is 7.30. The zero-order valence-electron chi connectivity index (χ0n) is 17.8. The molecular formula is C21H36IN5O2. The number of benzene rings is 1. The normalized spacial score (nSPS) is 16.1.